The molecule has 1 aliphatic heterocycles. The van der Waals surface area contributed by atoms with Gasteiger partial charge in [0, 0.05) is 11.4 Å². The number of hydrogen-bond acceptors (Lipinski definition) is 3. The normalized spacial score (nSPS) is 24.7. The number of nitrogens with zero attached hydrogens (tertiary/aromatic N) is 1. The number of allylic oxidation sites excluding steroid dienone is 1. The number of piperidine rings is 1. The zero-order chi connectivity index (χ0) is 23.6. The lowest BCUT2D eigenvalue weighted by Gasteiger charge is -2.33. The molecule has 4 rings (SSSR count). The van der Waals surface area contributed by atoms with E-state index in [1.807, 2.05) is 30.8 Å². The molecule has 0 amide bonds. The summed E-state index contributed by atoms with van der Waals surface area (Å²) >= 11 is 1.84. The molecular weight excluding hydrogens is 433 g/mol. The molecule has 3 unspecified atom stereocenters. The predicted octanol–water partition coefficient (Wildman–Crippen LogP) is 7.13. The Morgan fingerprint density at radius 3 is 2.36 bits per heavy atom. The van der Waals surface area contributed by atoms with Crippen molar-refractivity contribution in [1.82, 2.24) is 4.90 Å². The Morgan fingerprint density at radius 2 is 1.76 bits per heavy atom. The van der Waals surface area contributed by atoms with Crippen molar-refractivity contribution in [2.24, 2.45) is 29.6 Å². The van der Waals surface area contributed by atoms with Crippen molar-refractivity contribution in [2.45, 2.75) is 69.6 Å². The Bertz CT molecular complexity index is 728. The number of carboxylic acid groups (broad SMARTS) is 1. The van der Waals surface area contributed by atoms with Crippen molar-refractivity contribution in [3.05, 3.63) is 42.7 Å². The van der Waals surface area contributed by atoms with Crippen molar-refractivity contribution >= 4 is 17.7 Å². The quantitative estimate of drug-likeness (QED) is 0.289. The number of thioether (sulfide) groups is 1. The van der Waals surface area contributed by atoms with Gasteiger partial charge in [0.05, 0.1) is 5.92 Å². The fraction of sp³-hybridized carbons (Fsp3) is 0.679. The van der Waals surface area contributed by atoms with E-state index in [-0.39, 0.29) is 11.7 Å². The standard InChI is InChI=1S/C25H36FNO2S.C3H6/c26-22-5-7-23(8-6-22)30-14-11-18-9-12-27(13-10-18)17-20-3-4-21(15-20)24(25(28)29)16-19-1-2-19;1-3-2/h5-8,18-21,24H,1-4,9-17H2,(H,28,29);3H,1H2,2H3. The van der Waals surface area contributed by atoms with Gasteiger partial charge in [-0.15, -0.1) is 18.3 Å². The SMILES string of the molecule is C=CC.O=C(O)C(CC1CC1)C1CCC(CN2CCC(CCSc3ccc(F)cc3)CC2)C1. The van der Waals surface area contributed by atoms with Gasteiger partial charge in [-0.1, -0.05) is 18.9 Å². The van der Waals surface area contributed by atoms with Crippen LogP contribution in [-0.4, -0.2) is 41.4 Å². The van der Waals surface area contributed by atoms with E-state index in [4.69, 9.17) is 0 Å². The molecule has 1 heterocycles. The van der Waals surface area contributed by atoms with Gasteiger partial charge >= 0.3 is 5.97 Å². The highest BCUT2D eigenvalue weighted by molar-refractivity contribution is 7.99. The second-order valence-corrected chi connectivity index (χ2v) is 11.5. The molecule has 1 N–H and O–H groups in total. The highest BCUT2D eigenvalue weighted by atomic mass is 32.2. The van der Waals surface area contributed by atoms with Gasteiger partial charge in [-0.2, -0.15) is 0 Å². The monoisotopic (exact) mass is 475 g/mol. The van der Waals surface area contributed by atoms with Gasteiger partial charge in [0.25, 0.3) is 0 Å². The van der Waals surface area contributed by atoms with E-state index in [9.17, 15) is 14.3 Å². The van der Waals surface area contributed by atoms with Gasteiger partial charge < -0.3 is 10.0 Å². The molecule has 0 bridgehead atoms. The van der Waals surface area contributed by atoms with Gasteiger partial charge in [-0.3, -0.25) is 4.79 Å². The second kappa shape index (κ2) is 13.5. The molecule has 0 aromatic heterocycles. The number of carbonyl (C=O) groups is 1. The minimum atomic E-state index is -0.549. The van der Waals surface area contributed by atoms with E-state index in [0.29, 0.717) is 17.8 Å². The minimum absolute atomic E-state index is 0.0909. The molecule has 1 aromatic rings. The molecular formula is C28H42FNO2S. The fourth-order valence-electron chi connectivity index (χ4n) is 5.55. The molecule has 3 atom stereocenters. The number of carboxylic acids is 1. The van der Waals surface area contributed by atoms with Crippen LogP contribution in [0.4, 0.5) is 4.39 Å². The fourth-order valence-corrected chi connectivity index (χ4v) is 6.56. The maximum Gasteiger partial charge on any atom is 0.306 e. The molecule has 2 aliphatic carbocycles. The van der Waals surface area contributed by atoms with Crippen LogP contribution >= 0.6 is 11.8 Å². The zero-order valence-corrected chi connectivity index (χ0v) is 21.1. The molecule has 1 saturated heterocycles. The van der Waals surface area contributed by atoms with Gasteiger partial charge in [0.2, 0.25) is 0 Å². The Labute approximate surface area is 204 Å². The van der Waals surface area contributed by atoms with E-state index in [2.05, 4.69) is 11.5 Å². The number of benzene rings is 1. The van der Waals surface area contributed by atoms with Crippen LogP contribution in [0.3, 0.4) is 0 Å². The maximum atomic E-state index is 13.0. The first-order chi connectivity index (χ1) is 16.0. The summed E-state index contributed by atoms with van der Waals surface area (Å²) in [7, 11) is 0. The Hall–Kier alpha value is -1.33. The van der Waals surface area contributed by atoms with Crippen molar-refractivity contribution in [1.29, 1.82) is 0 Å². The van der Waals surface area contributed by atoms with Crippen LogP contribution in [-0.2, 0) is 4.79 Å². The van der Waals surface area contributed by atoms with Gasteiger partial charge in [0.1, 0.15) is 5.82 Å². The summed E-state index contributed by atoms with van der Waals surface area (Å²) in [6.45, 7) is 8.80. The first-order valence-corrected chi connectivity index (χ1v) is 13.9. The smallest absolute Gasteiger partial charge is 0.306 e. The van der Waals surface area contributed by atoms with Crippen LogP contribution in [0.1, 0.15) is 64.7 Å². The molecule has 1 aromatic carbocycles. The van der Waals surface area contributed by atoms with E-state index < -0.39 is 5.97 Å². The third-order valence-corrected chi connectivity index (χ3v) is 8.63. The van der Waals surface area contributed by atoms with E-state index in [0.717, 1.165) is 35.8 Å². The topological polar surface area (TPSA) is 40.5 Å². The Morgan fingerprint density at radius 1 is 1.12 bits per heavy atom. The highest BCUT2D eigenvalue weighted by Gasteiger charge is 2.38. The molecule has 3 nitrogen and oxygen atoms in total. The van der Waals surface area contributed by atoms with Crippen LogP contribution in [0.25, 0.3) is 0 Å². The van der Waals surface area contributed by atoms with Crippen LogP contribution in [0.2, 0.25) is 0 Å². The highest BCUT2D eigenvalue weighted by Crippen LogP contribution is 2.43. The van der Waals surface area contributed by atoms with Crippen LogP contribution in [0, 0.1) is 35.4 Å². The number of rotatable bonds is 10. The van der Waals surface area contributed by atoms with E-state index in [1.165, 1.54) is 58.2 Å². The van der Waals surface area contributed by atoms with Crippen LogP contribution < -0.4 is 0 Å². The van der Waals surface area contributed by atoms with Crippen LogP contribution in [0.5, 0.6) is 0 Å². The second-order valence-electron chi connectivity index (χ2n) is 10.3. The lowest BCUT2D eigenvalue weighted by Crippen LogP contribution is -2.37. The van der Waals surface area contributed by atoms with Crippen molar-refractivity contribution < 1.29 is 14.3 Å². The molecule has 33 heavy (non-hydrogen) atoms. The average molecular weight is 476 g/mol. The molecule has 3 fully saturated rings. The summed E-state index contributed by atoms with van der Waals surface area (Å²) in [5.74, 6) is 2.92. The first-order valence-electron chi connectivity index (χ1n) is 12.9. The molecule has 184 valence electrons. The van der Waals surface area contributed by atoms with Crippen molar-refractivity contribution in [3.63, 3.8) is 0 Å². The molecule has 5 heteroatoms. The van der Waals surface area contributed by atoms with Gasteiger partial charge in [0.15, 0.2) is 0 Å². The molecule has 0 radical (unpaired) electrons. The zero-order valence-electron chi connectivity index (χ0n) is 20.3. The summed E-state index contributed by atoms with van der Waals surface area (Å²) in [5.41, 5.74) is 0. The van der Waals surface area contributed by atoms with E-state index >= 15 is 0 Å². The van der Waals surface area contributed by atoms with Crippen LogP contribution in [0.15, 0.2) is 41.8 Å². The van der Waals surface area contributed by atoms with E-state index in [1.54, 1.807) is 18.2 Å². The number of aliphatic carboxylic acids is 1. The minimum Gasteiger partial charge on any atom is -0.481 e. The Kier molecular flexibility index (Phi) is 10.8. The lowest BCUT2D eigenvalue weighted by molar-refractivity contribution is -0.144. The number of likely N-dealkylation sites (tertiary alicyclic amines) is 1. The molecule has 2 saturated carbocycles. The Balaban J connectivity index is 0.000000968. The molecule has 0 spiro atoms. The molecule has 3 aliphatic rings. The lowest BCUT2D eigenvalue weighted by atomic mass is 9.86. The number of hydrogen-bond donors (Lipinski definition) is 1. The third-order valence-electron chi connectivity index (χ3n) is 7.58. The summed E-state index contributed by atoms with van der Waals surface area (Å²) in [6.07, 6.45) is 12.4. The van der Waals surface area contributed by atoms with Crippen molar-refractivity contribution in [3.8, 4) is 0 Å². The maximum absolute atomic E-state index is 13.0. The van der Waals surface area contributed by atoms with Gasteiger partial charge in [-0.25, -0.2) is 4.39 Å². The summed E-state index contributed by atoms with van der Waals surface area (Å²) < 4.78 is 13.0. The van der Waals surface area contributed by atoms with Crippen molar-refractivity contribution in [2.75, 3.05) is 25.4 Å². The first kappa shape index (κ1) is 26.3. The third kappa shape index (κ3) is 9.09. The average Bonchev–Trinajstić information content (AvgIpc) is 3.51. The van der Waals surface area contributed by atoms with Gasteiger partial charge in [-0.05, 0) is 119 Å². The summed E-state index contributed by atoms with van der Waals surface area (Å²) in [5, 5.41) is 9.67. The summed E-state index contributed by atoms with van der Waals surface area (Å²) in [4.78, 5) is 15.5. The predicted molar refractivity (Wildman–Crippen MR) is 136 cm³/mol. The summed E-state index contributed by atoms with van der Waals surface area (Å²) in [6, 6.07) is 6.83. The largest absolute Gasteiger partial charge is 0.481 e. The number of halogens is 1.